The smallest absolute Gasteiger partial charge is 0.321 e. The van der Waals surface area contributed by atoms with E-state index in [9.17, 15) is 9.59 Å². The molecule has 116 valence electrons. The molecule has 5 heteroatoms. The SMILES string of the molecule is CNC(=O)NC(=O)[C@@H](C)[NH+](C)Cc1ccc(C(C)C)cc1. The summed E-state index contributed by atoms with van der Waals surface area (Å²) in [5.41, 5.74) is 2.48. The number of amides is 3. The highest BCUT2D eigenvalue weighted by Gasteiger charge is 2.23. The second-order valence-corrected chi connectivity index (χ2v) is 5.71. The van der Waals surface area contributed by atoms with Crippen LogP contribution in [0.25, 0.3) is 0 Å². The first kappa shape index (κ1) is 17.2. The second-order valence-electron chi connectivity index (χ2n) is 5.71. The van der Waals surface area contributed by atoms with Gasteiger partial charge < -0.3 is 10.2 Å². The van der Waals surface area contributed by atoms with Crippen molar-refractivity contribution in [1.82, 2.24) is 10.6 Å². The molecule has 0 saturated carbocycles. The minimum atomic E-state index is -0.471. The zero-order valence-electron chi connectivity index (χ0n) is 13.5. The molecule has 0 aliphatic heterocycles. The predicted molar refractivity (Wildman–Crippen MR) is 83.2 cm³/mol. The molecule has 0 saturated heterocycles. The van der Waals surface area contributed by atoms with Crippen molar-refractivity contribution < 1.29 is 14.5 Å². The molecule has 0 radical (unpaired) electrons. The zero-order valence-corrected chi connectivity index (χ0v) is 13.5. The Morgan fingerprint density at radius 3 is 2.19 bits per heavy atom. The van der Waals surface area contributed by atoms with Crippen LogP contribution in [0.1, 0.15) is 37.8 Å². The average molecular weight is 292 g/mol. The number of quaternary nitrogens is 1. The minimum absolute atomic E-state index is 0.273. The molecule has 21 heavy (non-hydrogen) atoms. The van der Waals surface area contributed by atoms with Crippen molar-refractivity contribution >= 4 is 11.9 Å². The van der Waals surface area contributed by atoms with E-state index in [1.54, 1.807) is 0 Å². The third-order valence-corrected chi connectivity index (χ3v) is 3.73. The standard InChI is InChI=1S/C16H25N3O2/c1-11(2)14-8-6-13(7-9-14)10-19(5)12(3)15(20)18-16(21)17-4/h6-9,11-12H,10H2,1-5H3,(H2,17,18,20,21)/p+1/t12-/m1/s1. The van der Waals surface area contributed by atoms with Gasteiger partial charge in [-0.25, -0.2) is 4.79 Å². The monoisotopic (exact) mass is 292 g/mol. The topological polar surface area (TPSA) is 62.6 Å². The van der Waals surface area contributed by atoms with Crippen LogP contribution in [0.5, 0.6) is 0 Å². The molecular weight excluding hydrogens is 266 g/mol. The number of benzene rings is 1. The fourth-order valence-corrected chi connectivity index (χ4v) is 2.00. The largest absolute Gasteiger partial charge is 0.341 e. The Kier molecular flexibility index (Phi) is 6.37. The van der Waals surface area contributed by atoms with Crippen molar-refractivity contribution in [1.29, 1.82) is 0 Å². The third-order valence-electron chi connectivity index (χ3n) is 3.73. The molecule has 3 N–H and O–H groups in total. The lowest BCUT2D eigenvalue weighted by atomic mass is 10.0. The molecule has 0 aliphatic carbocycles. The van der Waals surface area contributed by atoms with E-state index < -0.39 is 6.03 Å². The number of rotatable bonds is 5. The van der Waals surface area contributed by atoms with Gasteiger partial charge in [0.1, 0.15) is 6.54 Å². The first-order valence-corrected chi connectivity index (χ1v) is 7.28. The van der Waals surface area contributed by atoms with Gasteiger partial charge in [-0.05, 0) is 18.4 Å². The van der Waals surface area contributed by atoms with Crippen LogP contribution in [0, 0.1) is 0 Å². The molecule has 5 nitrogen and oxygen atoms in total. The minimum Gasteiger partial charge on any atom is -0.341 e. The molecule has 0 fully saturated rings. The van der Waals surface area contributed by atoms with Crippen LogP contribution >= 0.6 is 0 Å². The van der Waals surface area contributed by atoms with Crippen molar-refractivity contribution in [3.63, 3.8) is 0 Å². The number of likely N-dealkylation sites (N-methyl/N-ethyl adjacent to an activating group) is 1. The molecule has 0 aromatic heterocycles. The highest BCUT2D eigenvalue weighted by atomic mass is 16.2. The van der Waals surface area contributed by atoms with Gasteiger partial charge >= 0.3 is 6.03 Å². The molecule has 1 unspecified atom stereocenters. The number of urea groups is 1. The fourth-order valence-electron chi connectivity index (χ4n) is 2.00. The Morgan fingerprint density at radius 1 is 1.14 bits per heavy atom. The van der Waals surface area contributed by atoms with Gasteiger partial charge in [0.05, 0.1) is 7.05 Å². The Hall–Kier alpha value is -1.88. The van der Waals surface area contributed by atoms with E-state index >= 15 is 0 Å². The molecule has 1 aromatic rings. The van der Waals surface area contributed by atoms with Crippen LogP contribution in [0.2, 0.25) is 0 Å². The number of hydrogen-bond acceptors (Lipinski definition) is 2. The van der Waals surface area contributed by atoms with Crippen LogP contribution in [0.4, 0.5) is 4.79 Å². The first-order valence-electron chi connectivity index (χ1n) is 7.28. The summed E-state index contributed by atoms with van der Waals surface area (Å²) in [5, 5.41) is 4.69. The zero-order chi connectivity index (χ0) is 16.0. The van der Waals surface area contributed by atoms with Gasteiger partial charge in [-0.3, -0.25) is 10.1 Å². The predicted octanol–water partition coefficient (Wildman–Crippen LogP) is 0.669. The van der Waals surface area contributed by atoms with E-state index in [4.69, 9.17) is 0 Å². The summed E-state index contributed by atoms with van der Waals surface area (Å²) in [4.78, 5) is 24.1. The summed E-state index contributed by atoms with van der Waals surface area (Å²) in [6.07, 6.45) is 0. The van der Waals surface area contributed by atoms with E-state index in [2.05, 4.69) is 48.7 Å². The molecule has 1 rings (SSSR count). The van der Waals surface area contributed by atoms with Crippen LogP contribution in [0.3, 0.4) is 0 Å². The van der Waals surface area contributed by atoms with Crippen molar-refractivity contribution in [3.8, 4) is 0 Å². The van der Waals surface area contributed by atoms with Gasteiger partial charge in [-0.15, -0.1) is 0 Å². The van der Waals surface area contributed by atoms with Gasteiger partial charge in [-0.2, -0.15) is 0 Å². The van der Waals surface area contributed by atoms with Gasteiger partial charge in [0.25, 0.3) is 5.91 Å². The van der Waals surface area contributed by atoms with E-state index in [0.29, 0.717) is 5.92 Å². The van der Waals surface area contributed by atoms with Crippen molar-refractivity contribution in [3.05, 3.63) is 35.4 Å². The van der Waals surface area contributed by atoms with E-state index in [-0.39, 0.29) is 11.9 Å². The number of carbonyl (C=O) groups is 2. The molecule has 0 heterocycles. The highest BCUT2D eigenvalue weighted by molar-refractivity contribution is 5.96. The van der Waals surface area contributed by atoms with E-state index in [1.807, 2.05) is 14.0 Å². The molecule has 1 aromatic carbocycles. The Bertz CT molecular complexity index is 483. The Balaban J connectivity index is 2.61. The third kappa shape index (κ3) is 5.19. The number of nitrogens with one attached hydrogen (secondary N) is 3. The Labute approximate surface area is 126 Å². The maximum Gasteiger partial charge on any atom is 0.321 e. The quantitative estimate of drug-likeness (QED) is 0.747. The summed E-state index contributed by atoms with van der Waals surface area (Å²) in [6, 6.07) is 7.68. The van der Waals surface area contributed by atoms with Gasteiger partial charge in [-0.1, -0.05) is 38.1 Å². The fraction of sp³-hybridized carbons (Fsp3) is 0.500. The molecule has 2 atom stereocenters. The Morgan fingerprint density at radius 2 is 1.71 bits per heavy atom. The maximum absolute atomic E-state index is 11.9. The van der Waals surface area contributed by atoms with Crippen molar-refractivity contribution in [2.75, 3.05) is 14.1 Å². The molecule has 0 aliphatic rings. The molecule has 3 amide bonds. The summed E-state index contributed by atoms with van der Waals surface area (Å²) < 4.78 is 0. The number of hydrogen-bond donors (Lipinski definition) is 3. The summed E-state index contributed by atoms with van der Waals surface area (Å²) in [7, 11) is 3.44. The normalized spacial score (nSPS) is 13.6. The summed E-state index contributed by atoms with van der Waals surface area (Å²) >= 11 is 0. The van der Waals surface area contributed by atoms with Gasteiger partial charge in [0.2, 0.25) is 0 Å². The lowest BCUT2D eigenvalue weighted by molar-refractivity contribution is -0.908. The van der Waals surface area contributed by atoms with Gasteiger partial charge in [0.15, 0.2) is 6.04 Å². The average Bonchev–Trinajstić information content (AvgIpc) is 2.46. The maximum atomic E-state index is 11.9. The lowest BCUT2D eigenvalue weighted by Crippen LogP contribution is -3.12. The van der Waals surface area contributed by atoms with E-state index in [0.717, 1.165) is 11.4 Å². The van der Waals surface area contributed by atoms with Crippen molar-refractivity contribution in [2.24, 2.45) is 0 Å². The summed E-state index contributed by atoms with van der Waals surface area (Å²) in [5.74, 6) is 0.243. The molecule has 0 bridgehead atoms. The molecular formula is C16H26N3O2+. The van der Waals surface area contributed by atoms with Crippen LogP contribution < -0.4 is 15.5 Å². The van der Waals surface area contributed by atoms with Crippen LogP contribution in [0.15, 0.2) is 24.3 Å². The first-order chi connectivity index (χ1) is 9.85. The number of imide groups is 1. The van der Waals surface area contributed by atoms with Gasteiger partial charge in [0, 0.05) is 12.6 Å². The van der Waals surface area contributed by atoms with Crippen LogP contribution in [-0.4, -0.2) is 32.1 Å². The van der Waals surface area contributed by atoms with E-state index in [1.165, 1.54) is 18.2 Å². The van der Waals surface area contributed by atoms with Crippen molar-refractivity contribution in [2.45, 2.75) is 39.3 Å². The molecule has 0 spiro atoms. The highest BCUT2D eigenvalue weighted by Crippen LogP contribution is 2.14. The number of carbonyl (C=O) groups excluding carboxylic acids is 2. The lowest BCUT2D eigenvalue weighted by Gasteiger charge is -2.21. The van der Waals surface area contributed by atoms with Crippen LogP contribution in [-0.2, 0) is 11.3 Å². The summed E-state index contributed by atoms with van der Waals surface area (Å²) in [6.45, 7) is 6.88. The second kappa shape index (κ2) is 7.78.